The van der Waals surface area contributed by atoms with Crippen molar-refractivity contribution in [1.82, 2.24) is 0 Å². The molecule has 0 radical (unpaired) electrons. The zero-order chi connectivity index (χ0) is 44.0. The van der Waals surface area contributed by atoms with Gasteiger partial charge in [0.2, 0.25) is 0 Å². The molecule has 4 atom stereocenters. The van der Waals surface area contributed by atoms with Crippen molar-refractivity contribution < 1.29 is 43.5 Å². The largest absolute Gasteiger partial charge is 0.491 e. The van der Waals surface area contributed by atoms with E-state index in [-0.39, 0.29) is 25.4 Å². The molecule has 0 spiro atoms. The molecule has 3 N–H and O–H groups in total. The van der Waals surface area contributed by atoms with Crippen LogP contribution in [0.15, 0.2) is 103 Å². The molecule has 2 saturated heterocycles. The van der Waals surface area contributed by atoms with E-state index in [1.807, 2.05) is 72.8 Å². The average Bonchev–Trinajstić information content (AvgIpc) is 4.26. The molecule has 0 aromatic heterocycles. The van der Waals surface area contributed by atoms with Crippen molar-refractivity contribution >= 4 is 11.4 Å². The lowest BCUT2D eigenvalue weighted by Crippen LogP contribution is -2.34. The van der Waals surface area contributed by atoms with Crippen molar-refractivity contribution in [1.29, 1.82) is 0 Å². The number of ether oxygens (including phenoxy) is 6. The number of nitrogens with zero attached hydrogens (tertiary/aromatic N) is 1. The smallest absolute Gasteiger partial charge is 0.122 e. The van der Waals surface area contributed by atoms with Crippen molar-refractivity contribution in [2.24, 2.45) is 0 Å². The summed E-state index contributed by atoms with van der Waals surface area (Å²) in [5.74, 6) is 3.14. The molecule has 11 nitrogen and oxygen atoms in total. The quantitative estimate of drug-likeness (QED) is 0.0349. The number of benzene rings is 5. The molecule has 0 amide bonds. The standard InChI is InChI=1S/C52H64N2O9/c1-5-37-27-38(6-2)52(36(3)51(37)53-57-4)54(25-23-43(55)30-60-47-19-11-7-15-39(47)28-41-17-9-13-21-49(41)62-34-45-32-58-45)26-24-44(56)31-61-48-20-12-8-16-40(48)29-42-18-10-14-22-50(42)63-35-46-33-59-46/h7-22,27,43-46,53,55-56H,5-6,23-26,28-35H2,1-4H3. The number of aliphatic hydroxyl groups excluding tert-OH is 2. The van der Waals surface area contributed by atoms with Gasteiger partial charge in [-0.25, -0.2) is 0 Å². The third-order valence-electron chi connectivity index (χ3n) is 11.6. The molecule has 7 rings (SSSR count). The summed E-state index contributed by atoms with van der Waals surface area (Å²) >= 11 is 0. The Labute approximate surface area is 372 Å². The number of aryl methyl sites for hydroxylation is 2. The molecule has 5 aromatic rings. The number of anilines is 2. The van der Waals surface area contributed by atoms with E-state index in [2.05, 4.69) is 61.5 Å². The number of epoxide rings is 2. The van der Waals surface area contributed by atoms with Crippen LogP contribution in [0.2, 0.25) is 0 Å². The van der Waals surface area contributed by atoms with Gasteiger partial charge in [0.05, 0.1) is 38.2 Å². The van der Waals surface area contributed by atoms with E-state index in [9.17, 15) is 10.2 Å². The molecule has 11 heteroatoms. The molecule has 336 valence electrons. The van der Waals surface area contributed by atoms with Crippen LogP contribution in [0.5, 0.6) is 23.0 Å². The highest BCUT2D eigenvalue weighted by Gasteiger charge is 2.25. The summed E-state index contributed by atoms with van der Waals surface area (Å²) in [6.45, 7) is 10.3. The van der Waals surface area contributed by atoms with Crippen molar-refractivity contribution in [3.8, 4) is 23.0 Å². The number of aliphatic hydroxyl groups is 2. The van der Waals surface area contributed by atoms with Crippen molar-refractivity contribution in [3.05, 3.63) is 142 Å². The minimum absolute atomic E-state index is 0.133. The molecule has 2 aliphatic rings. The van der Waals surface area contributed by atoms with Gasteiger partial charge < -0.3 is 43.5 Å². The first kappa shape index (κ1) is 45.7. The van der Waals surface area contributed by atoms with Gasteiger partial charge >= 0.3 is 0 Å². The first-order chi connectivity index (χ1) is 30.8. The Kier molecular flexibility index (Phi) is 16.6. The van der Waals surface area contributed by atoms with Crippen LogP contribution in [-0.2, 0) is 40.0 Å². The van der Waals surface area contributed by atoms with Gasteiger partial charge in [0.25, 0.3) is 0 Å². The highest BCUT2D eigenvalue weighted by molar-refractivity contribution is 5.73. The zero-order valence-corrected chi connectivity index (χ0v) is 37.2. The molecule has 0 saturated carbocycles. The molecule has 0 aliphatic carbocycles. The van der Waals surface area contributed by atoms with Gasteiger partial charge in [0, 0.05) is 31.6 Å². The fraction of sp³-hybridized carbons (Fsp3) is 0.423. The van der Waals surface area contributed by atoms with Crippen LogP contribution >= 0.6 is 0 Å². The molecular weight excluding hydrogens is 797 g/mol. The number of para-hydroxylation sites is 4. The van der Waals surface area contributed by atoms with Gasteiger partial charge in [0.1, 0.15) is 61.6 Å². The molecule has 5 aromatic carbocycles. The number of nitrogens with one attached hydrogen (secondary N) is 1. The summed E-state index contributed by atoms with van der Waals surface area (Å²) in [5.41, 5.74) is 12.8. The van der Waals surface area contributed by atoms with Gasteiger partial charge in [-0.1, -0.05) is 92.7 Å². The Bertz CT molecular complexity index is 2090. The van der Waals surface area contributed by atoms with E-state index in [4.69, 9.17) is 33.3 Å². The van der Waals surface area contributed by atoms with Crippen LogP contribution in [0.25, 0.3) is 0 Å². The summed E-state index contributed by atoms with van der Waals surface area (Å²) in [6.07, 6.45) is 2.68. The van der Waals surface area contributed by atoms with Gasteiger partial charge in [-0.3, -0.25) is 10.3 Å². The van der Waals surface area contributed by atoms with E-state index in [1.165, 1.54) is 11.1 Å². The lowest BCUT2D eigenvalue weighted by Gasteiger charge is -2.32. The Balaban J connectivity index is 1.01. The van der Waals surface area contributed by atoms with E-state index in [0.29, 0.717) is 52.0 Å². The summed E-state index contributed by atoms with van der Waals surface area (Å²) in [5, 5.41) is 22.9. The number of rotatable bonds is 27. The molecule has 4 unspecified atom stereocenters. The Hall–Kier alpha value is -5.30. The van der Waals surface area contributed by atoms with Crippen molar-refractivity contribution in [2.45, 2.75) is 83.7 Å². The number of hydrogen-bond donors (Lipinski definition) is 3. The molecule has 63 heavy (non-hydrogen) atoms. The first-order valence-corrected chi connectivity index (χ1v) is 22.4. The van der Waals surface area contributed by atoms with E-state index < -0.39 is 12.2 Å². The van der Waals surface area contributed by atoms with Gasteiger partial charge in [-0.05, 0) is 95.8 Å². The normalized spacial score (nSPS) is 16.2. The second-order valence-corrected chi connectivity index (χ2v) is 16.4. The maximum Gasteiger partial charge on any atom is 0.122 e. The second-order valence-electron chi connectivity index (χ2n) is 16.4. The van der Waals surface area contributed by atoms with E-state index in [1.54, 1.807) is 7.11 Å². The average molecular weight is 861 g/mol. The van der Waals surface area contributed by atoms with Crippen molar-refractivity contribution in [2.75, 3.05) is 70.2 Å². The molecule has 2 fully saturated rings. The molecular formula is C52H64N2O9. The Morgan fingerprint density at radius 1 is 0.603 bits per heavy atom. The van der Waals surface area contributed by atoms with Gasteiger partial charge in [0.15, 0.2) is 0 Å². The fourth-order valence-corrected chi connectivity index (χ4v) is 7.93. The Morgan fingerprint density at radius 2 is 1.00 bits per heavy atom. The number of hydrogen-bond acceptors (Lipinski definition) is 11. The van der Waals surface area contributed by atoms with Crippen LogP contribution in [0.3, 0.4) is 0 Å². The third kappa shape index (κ3) is 13.1. The minimum Gasteiger partial charge on any atom is -0.491 e. The van der Waals surface area contributed by atoms with E-state index >= 15 is 0 Å². The Morgan fingerprint density at radius 3 is 1.38 bits per heavy atom. The highest BCUT2D eigenvalue weighted by atomic mass is 16.6. The van der Waals surface area contributed by atoms with Crippen LogP contribution in [0.4, 0.5) is 11.4 Å². The third-order valence-corrected chi connectivity index (χ3v) is 11.6. The first-order valence-electron chi connectivity index (χ1n) is 22.4. The van der Waals surface area contributed by atoms with Crippen LogP contribution in [-0.4, -0.2) is 94.5 Å². The minimum atomic E-state index is -0.742. The van der Waals surface area contributed by atoms with Crippen LogP contribution in [0.1, 0.15) is 65.6 Å². The molecule has 0 bridgehead atoms. The predicted octanol–water partition coefficient (Wildman–Crippen LogP) is 8.30. The van der Waals surface area contributed by atoms with E-state index in [0.717, 1.165) is 88.2 Å². The van der Waals surface area contributed by atoms with Crippen LogP contribution < -0.4 is 29.3 Å². The summed E-state index contributed by atoms with van der Waals surface area (Å²) in [6, 6.07) is 34.3. The lowest BCUT2D eigenvalue weighted by atomic mass is 9.96. The maximum absolute atomic E-state index is 11.5. The summed E-state index contributed by atoms with van der Waals surface area (Å²) in [7, 11) is 1.63. The topological polar surface area (TPSA) is 127 Å². The predicted molar refractivity (Wildman–Crippen MR) is 247 cm³/mol. The van der Waals surface area contributed by atoms with Crippen molar-refractivity contribution in [3.63, 3.8) is 0 Å². The summed E-state index contributed by atoms with van der Waals surface area (Å²) in [4.78, 5) is 7.74. The summed E-state index contributed by atoms with van der Waals surface area (Å²) < 4.78 is 35.5. The fourth-order valence-electron chi connectivity index (χ4n) is 7.93. The SMILES string of the molecule is CCc1cc(CC)c(N(CCC(O)COc2ccccc2Cc2ccccc2OCC2CO2)CCC(O)COc2ccccc2Cc2ccccc2OCC2CO2)c(C)c1NOC. The van der Waals surface area contributed by atoms with Gasteiger partial charge in [-0.2, -0.15) is 0 Å². The molecule has 2 heterocycles. The lowest BCUT2D eigenvalue weighted by molar-refractivity contribution is 0.0965. The maximum atomic E-state index is 11.5. The highest BCUT2D eigenvalue weighted by Crippen LogP contribution is 2.36. The zero-order valence-electron chi connectivity index (χ0n) is 37.2. The van der Waals surface area contributed by atoms with Gasteiger partial charge in [-0.15, -0.1) is 0 Å². The second kappa shape index (κ2) is 22.9. The molecule has 2 aliphatic heterocycles. The monoisotopic (exact) mass is 860 g/mol. The van der Waals surface area contributed by atoms with Crippen LogP contribution in [0, 0.1) is 6.92 Å².